The molecule has 0 spiro atoms. The van der Waals surface area contributed by atoms with Gasteiger partial charge in [0, 0.05) is 50.0 Å². The van der Waals surface area contributed by atoms with E-state index in [-0.39, 0.29) is 4.90 Å². The quantitative estimate of drug-likeness (QED) is 0.419. The van der Waals surface area contributed by atoms with Crippen LogP contribution in [0.5, 0.6) is 0 Å². The van der Waals surface area contributed by atoms with Crippen LogP contribution in [0.15, 0.2) is 65.1 Å². The highest BCUT2D eigenvalue weighted by molar-refractivity contribution is 7.92. The Morgan fingerprint density at radius 1 is 1.15 bits per heavy atom. The van der Waals surface area contributed by atoms with Crippen LogP contribution in [-0.2, 0) is 17.1 Å². The lowest BCUT2D eigenvalue weighted by atomic mass is 10.1. The van der Waals surface area contributed by atoms with Gasteiger partial charge < -0.3 is 5.73 Å². The number of hydrogen-bond acceptors (Lipinski definition) is 8. The number of rotatable bonds is 6. The van der Waals surface area contributed by atoms with Crippen LogP contribution < -0.4 is 10.5 Å². The molecule has 0 atom stereocenters. The summed E-state index contributed by atoms with van der Waals surface area (Å²) in [5.74, 6) is 0. The number of fused-ring (bicyclic) bond motifs is 1. The van der Waals surface area contributed by atoms with Crippen LogP contribution in [0.2, 0.25) is 0 Å². The first-order valence-corrected chi connectivity index (χ1v) is 11.4. The maximum absolute atomic E-state index is 12.8. The van der Waals surface area contributed by atoms with Crippen molar-refractivity contribution in [3.63, 3.8) is 0 Å². The molecule has 0 unspecified atom stereocenters. The summed E-state index contributed by atoms with van der Waals surface area (Å²) in [4.78, 5) is 17.4. The van der Waals surface area contributed by atoms with E-state index in [9.17, 15) is 8.42 Å². The van der Waals surface area contributed by atoms with Gasteiger partial charge in [0.25, 0.3) is 10.0 Å². The number of nitrogens with one attached hydrogen (secondary N) is 1. The van der Waals surface area contributed by atoms with E-state index in [4.69, 9.17) is 5.73 Å². The fourth-order valence-corrected chi connectivity index (χ4v) is 4.62. The standard InChI is InChI=1S/C22H22N8O2S/c1-14-22(13-30(3)28-14)33(31,32)29-18-6-16(10-25-11-18)15-4-5-19-20(7-15)27-21(12-26-19)17(8-23)9-24-2/h4-13,29H,23H2,1-3H3/b17-8+,24-9?. The molecule has 10 nitrogen and oxygen atoms in total. The highest BCUT2D eigenvalue weighted by Gasteiger charge is 2.20. The molecule has 11 heteroatoms. The molecule has 0 fully saturated rings. The number of aromatic nitrogens is 5. The lowest BCUT2D eigenvalue weighted by molar-refractivity contribution is 0.600. The Morgan fingerprint density at radius 3 is 2.67 bits per heavy atom. The van der Waals surface area contributed by atoms with Crippen LogP contribution in [0.1, 0.15) is 11.4 Å². The second kappa shape index (κ2) is 8.79. The van der Waals surface area contributed by atoms with Crippen molar-refractivity contribution in [3.05, 3.63) is 66.6 Å². The van der Waals surface area contributed by atoms with Gasteiger partial charge in [0.05, 0.1) is 40.5 Å². The van der Waals surface area contributed by atoms with Crippen LogP contribution >= 0.6 is 0 Å². The molecule has 1 aromatic carbocycles. The van der Waals surface area contributed by atoms with Gasteiger partial charge in [0.15, 0.2) is 0 Å². The molecule has 3 aromatic heterocycles. The van der Waals surface area contributed by atoms with E-state index in [1.54, 1.807) is 45.7 Å². The number of aryl methyl sites for hydroxylation is 2. The molecule has 0 aliphatic heterocycles. The van der Waals surface area contributed by atoms with E-state index in [1.807, 2.05) is 18.2 Å². The molecular weight excluding hydrogens is 440 g/mol. The third-order valence-electron chi connectivity index (χ3n) is 4.87. The lowest BCUT2D eigenvalue weighted by Gasteiger charge is -2.09. The van der Waals surface area contributed by atoms with E-state index in [1.165, 1.54) is 23.3 Å². The molecule has 168 valence electrons. The van der Waals surface area contributed by atoms with E-state index in [0.717, 1.165) is 11.1 Å². The zero-order valence-corrected chi connectivity index (χ0v) is 19.1. The summed E-state index contributed by atoms with van der Waals surface area (Å²) >= 11 is 0. The minimum atomic E-state index is -3.81. The monoisotopic (exact) mass is 462 g/mol. The first-order valence-electron chi connectivity index (χ1n) is 9.90. The zero-order valence-electron chi connectivity index (χ0n) is 18.3. The summed E-state index contributed by atoms with van der Waals surface area (Å²) in [5, 5.41) is 4.10. The minimum Gasteiger partial charge on any atom is -0.404 e. The number of anilines is 1. The normalized spacial score (nSPS) is 12.5. The fourth-order valence-electron chi connectivity index (χ4n) is 3.37. The number of benzene rings is 1. The third kappa shape index (κ3) is 4.58. The first kappa shape index (κ1) is 22.1. The van der Waals surface area contributed by atoms with Crippen molar-refractivity contribution in [3.8, 4) is 11.1 Å². The SMILES string of the molecule is CN=C/C(=C\N)c1cnc2ccc(-c3cncc(NS(=O)(=O)c4cn(C)nc4C)c3)cc2n1. The highest BCUT2D eigenvalue weighted by Crippen LogP contribution is 2.26. The number of allylic oxidation sites excluding steroid dienone is 1. The number of nitrogens with zero attached hydrogens (tertiary/aromatic N) is 6. The summed E-state index contributed by atoms with van der Waals surface area (Å²) in [6.45, 7) is 1.64. The highest BCUT2D eigenvalue weighted by atomic mass is 32.2. The number of pyridine rings is 1. The summed E-state index contributed by atoms with van der Waals surface area (Å²) in [6, 6.07) is 7.30. The van der Waals surface area contributed by atoms with E-state index in [0.29, 0.717) is 33.7 Å². The van der Waals surface area contributed by atoms with E-state index < -0.39 is 10.0 Å². The van der Waals surface area contributed by atoms with Gasteiger partial charge in [-0.3, -0.25) is 24.4 Å². The second-order valence-electron chi connectivity index (χ2n) is 7.29. The Balaban J connectivity index is 1.69. The Bertz CT molecular complexity index is 1510. The van der Waals surface area contributed by atoms with Gasteiger partial charge in [-0.2, -0.15) is 5.10 Å². The van der Waals surface area contributed by atoms with Crippen LogP contribution in [-0.4, -0.2) is 46.4 Å². The van der Waals surface area contributed by atoms with Gasteiger partial charge >= 0.3 is 0 Å². The number of aliphatic imine (C=N–C) groups is 1. The van der Waals surface area contributed by atoms with Crippen LogP contribution in [0, 0.1) is 6.92 Å². The summed E-state index contributed by atoms with van der Waals surface area (Å²) in [7, 11) is -0.484. The molecule has 4 aromatic rings. The second-order valence-corrected chi connectivity index (χ2v) is 8.94. The largest absolute Gasteiger partial charge is 0.404 e. The average Bonchev–Trinajstić information content (AvgIpc) is 3.15. The van der Waals surface area contributed by atoms with Crippen LogP contribution in [0.4, 0.5) is 5.69 Å². The topological polar surface area (TPSA) is 141 Å². The minimum absolute atomic E-state index is 0.114. The van der Waals surface area contributed by atoms with Gasteiger partial charge in [-0.15, -0.1) is 0 Å². The smallest absolute Gasteiger partial charge is 0.265 e. The third-order valence-corrected chi connectivity index (χ3v) is 6.35. The number of nitrogens with two attached hydrogens (primary N) is 1. The maximum atomic E-state index is 12.8. The summed E-state index contributed by atoms with van der Waals surface area (Å²) < 4.78 is 29.6. The fraction of sp³-hybridized carbons (Fsp3) is 0.136. The molecule has 33 heavy (non-hydrogen) atoms. The zero-order chi connectivity index (χ0) is 23.6. The predicted molar refractivity (Wildman–Crippen MR) is 128 cm³/mol. The molecule has 0 saturated carbocycles. The van der Waals surface area contributed by atoms with Crippen molar-refractivity contribution >= 4 is 38.5 Å². The van der Waals surface area contributed by atoms with Gasteiger partial charge in [0.1, 0.15) is 4.90 Å². The van der Waals surface area contributed by atoms with Crippen LogP contribution in [0.25, 0.3) is 27.7 Å². The Hall–Kier alpha value is -4.12. The Morgan fingerprint density at radius 2 is 1.97 bits per heavy atom. The Labute approximate surface area is 191 Å². The van der Waals surface area contributed by atoms with Crippen molar-refractivity contribution in [2.75, 3.05) is 11.8 Å². The molecule has 3 N–H and O–H groups in total. The van der Waals surface area contributed by atoms with Crippen LogP contribution in [0.3, 0.4) is 0 Å². The molecule has 3 heterocycles. The molecule has 0 radical (unpaired) electrons. The number of hydrogen-bond donors (Lipinski definition) is 2. The van der Waals surface area contributed by atoms with E-state index in [2.05, 4.69) is 29.8 Å². The lowest BCUT2D eigenvalue weighted by Crippen LogP contribution is -2.13. The average molecular weight is 463 g/mol. The molecule has 4 rings (SSSR count). The molecule has 0 bridgehead atoms. The molecule has 0 amide bonds. The first-order chi connectivity index (χ1) is 15.8. The molecule has 0 saturated heterocycles. The van der Waals surface area contributed by atoms with Crippen molar-refractivity contribution in [2.24, 2.45) is 17.8 Å². The van der Waals surface area contributed by atoms with Crippen molar-refractivity contribution < 1.29 is 8.42 Å². The maximum Gasteiger partial charge on any atom is 0.265 e. The summed E-state index contributed by atoms with van der Waals surface area (Å²) in [5.41, 5.74) is 10.6. The van der Waals surface area contributed by atoms with Crippen molar-refractivity contribution in [2.45, 2.75) is 11.8 Å². The van der Waals surface area contributed by atoms with Gasteiger partial charge in [0.2, 0.25) is 0 Å². The van der Waals surface area contributed by atoms with Crippen molar-refractivity contribution in [1.29, 1.82) is 0 Å². The van der Waals surface area contributed by atoms with Gasteiger partial charge in [-0.25, -0.2) is 13.4 Å². The molecular formula is C22H22N8O2S. The Kier molecular flexibility index (Phi) is 5.88. The van der Waals surface area contributed by atoms with E-state index >= 15 is 0 Å². The van der Waals surface area contributed by atoms with Gasteiger partial charge in [-0.05, 0) is 30.7 Å². The molecule has 0 aliphatic carbocycles. The summed E-state index contributed by atoms with van der Waals surface area (Å²) in [6.07, 6.45) is 9.25. The van der Waals surface area contributed by atoms with Gasteiger partial charge in [-0.1, -0.05) is 6.07 Å². The van der Waals surface area contributed by atoms with Crippen molar-refractivity contribution in [1.82, 2.24) is 24.7 Å². The predicted octanol–water partition coefficient (Wildman–Crippen LogP) is 2.53. The number of sulfonamides is 1. The molecule has 0 aliphatic rings.